The van der Waals surface area contributed by atoms with E-state index >= 15 is 0 Å². The van der Waals surface area contributed by atoms with Crippen LogP contribution in [0.3, 0.4) is 0 Å². The second-order valence-corrected chi connectivity index (χ2v) is 8.42. The molecule has 0 unspecified atom stereocenters. The number of nitrogens with zero attached hydrogens (tertiary/aromatic N) is 5. The minimum atomic E-state index is -0.0755. The number of likely N-dealkylation sites (N-methyl/N-ethyl adjacent to an activating group) is 1. The number of benzene rings is 1. The van der Waals surface area contributed by atoms with Crippen LogP contribution in [0.4, 0.5) is 0 Å². The number of aromatic nitrogens is 4. The van der Waals surface area contributed by atoms with Gasteiger partial charge in [0.2, 0.25) is 0 Å². The number of rotatable bonds is 8. The summed E-state index contributed by atoms with van der Waals surface area (Å²) in [5, 5.41) is 3.41. The summed E-state index contributed by atoms with van der Waals surface area (Å²) in [4.78, 5) is 28.9. The second kappa shape index (κ2) is 9.92. The molecule has 0 aliphatic carbocycles. The molecule has 170 valence electrons. The van der Waals surface area contributed by atoms with Crippen LogP contribution in [0, 0.1) is 20.8 Å². The van der Waals surface area contributed by atoms with Crippen LogP contribution in [-0.4, -0.2) is 43.8 Å². The highest BCUT2D eigenvalue weighted by molar-refractivity contribution is 5.94. The number of carbonyl (C=O) groups excluding carboxylic acids is 1. The Hall–Kier alpha value is -3.58. The smallest absolute Gasteiger partial charge is 0.274 e. The highest BCUT2D eigenvalue weighted by Crippen LogP contribution is 2.18. The van der Waals surface area contributed by atoms with Crippen molar-refractivity contribution in [3.8, 4) is 0 Å². The van der Waals surface area contributed by atoms with Crippen molar-refractivity contribution < 1.29 is 4.79 Å². The number of nitrogens with one attached hydrogen (secondary N) is 1. The summed E-state index contributed by atoms with van der Waals surface area (Å²) in [5.41, 5.74) is 6.25. The van der Waals surface area contributed by atoms with E-state index in [0.29, 0.717) is 25.3 Å². The SMILES string of the molecule is Cc1cc(C)nc(CNCc2c(C(=O)N(C)CCc3ccccc3)nc3c(C)cccn23)n1. The van der Waals surface area contributed by atoms with Gasteiger partial charge in [-0.05, 0) is 50.5 Å². The zero-order chi connectivity index (χ0) is 23.4. The number of hydrogen-bond donors (Lipinski definition) is 1. The van der Waals surface area contributed by atoms with Crippen LogP contribution in [0.25, 0.3) is 5.65 Å². The first-order valence-electron chi connectivity index (χ1n) is 11.2. The maximum absolute atomic E-state index is 13.4. The molecule has 0 saturated carbocycles. The molecule has 1 aromatic carbocycles. The van der Waals surface area contributed by atoms with E-state index in [9.17, 15) is 4.79 Å². The van der Waals surface area contributed by atoms with Crippen LogP contribution in [-0.2, 0) is 19.5 Å². The van der Waals surface area contributed by atoms with Crippen LogP contribution in [0.1, 0.15) is 44.5 Å². The van der Waals surface area contributed by atoms with Gasteiger partial charge in [0.05, 0.1) is 12.2 Å². The Balaban J connectivity index is 1.54. The molecule has 0 fully saturated rings. The Morgan fingerprint density at radius 3 is 2.42 bits per heavy atom. The molecule has 3 aromatic heterocycles. The first kappa shape index (κ1) is 22.6. The van der Waals surface area contributed by atoms with E-state index in [1.54, 1.807) is 4.90 Å². The Labute approximate surface area is 194 Å². The molecule has 7 nitrogen and oxygen atoms in total. The van der Waals surface area contributed by atoms with Gasteiger partial charge in [-0.1, -0.05) is 36.4 Å². The molecule has 4 aromatic rings. The van der Waals surface area contributed by atoms with Crippen molar-refractivity contribution in [3.63, 3.8) is 0 Å². The number of amides is 1. The number of carbonyl (C=O) groups is 1. The molecular formula is C26H30N6O. The lowest BCUT2D eigenvalue weighted by Gasteiger charge is -2.17. The summed E-state index contributed by atoms with van der Waals surface area (Å²) in [7, 11) is 1.84. The van der Waals surface area contributed by atoms with Gasteiger partial charge in [-0.2, -0.15) is 0 Å². The van der Waals surface area contributed by atoms with Gasteiger partial charge >= 0.3 is 0 Å². The van der Waals surface area contributed by atoms with Gasteiger partial charge in [-0.25, -0.2) is 15.0 Å². The molecule has 0 bridgehead atoms. The predicted octanol–water partition coefficient (Wildman–Crippen LogP) is 3.65. The highest BCUT2D eigenvalue weighted by Gasteiger charge is 2.22. The minimum Gasteiger partial charge on any atom is -0.340 e. The maximum Gasteiger partial charge on any atom is 0.274 e. The normalized spacial score (nSPS) is 11.2. The highest BCUT2D eigenvalue weighted by atomic mass is 16.2. The van der Waals surface area contributed by atoms with Crippen molar-refractivity contribution >= 4 is 11.6 Å². The zero-order valence-corrected chi connectivity index (χ0v) is 19.7. The number of fused-ring (bicyclic) bond motifs is 1. The third-order valence-corrected chi connectivity index (χ3v) is 5.68. The van der Waals surface area contributed by atoms with Gasteiger partial charge in [0.1, 0.15) is 11.5 Å². The van der Waals surface area contributed by atoms with Crippen LogP contribution in [0.2, 0.25) is 0 Å². The average Bonchev–Trinajstić information content (AvgIpc) is 3.17. The quantitative estimate of drug-likeness (QED) is 0.451. The number of hydrogen-bond acceptors (Lipinski definition) is 5. The van der Waals surface area contributed by atoms with Crippen molar-refractivity contribution in [1.29, 1.82) is 0 Å². The van der Waals surface area contributed by atoms with Crippen molar-refractivity contribution in [3.05, 3.63) is 94.5 Å². The summed E-state index contributed by atoms with van der Waals surface area (Å²) in [6, 6.07) is 16.1. The zero-order valence-electron chi connectivity index (χ0n) is 19.7. The van der Waals surface area contributed by atoms with Crippen molar-refractivity contribution in [2.24, 2.45) is 0 Å². The van der Waals surface area contributed by atoms with Crippen molar-refractivity contribution in [1.82, 2.24) is 29.6 Å². The third kappa shape index (κ3) is 5.26. The first-order valence-corrected chi connectivity index (χ1v) is 11.2. The minimum absolute atomic E-state index is 0.0755. The first-order chi connectivity index (χ1) is 15.9. The fraction of sp³-hybridized carbons (Fsp3) is 0.308. The lowest BCUT2D eigenvalue weighted by molar-refractivity contribution is 0.0790. The van der Waals surface area contributed by atoms with Crippen molar-refractivity contribution in [2.45, 2.75) is 40.3 Å². The molecule has 0 aliphatic heterocycles. The van der Waals surface area contributed by atoms with Crippen LogP contribution >= 0.6 is 0 Å². The molecule has 0 aliphatic rings. The summed E-state index contributed by atoms with van der Waals surface area (Å²) in [5.74, 6) is 0.666. The van der Waals surface area contributed by atoms with Gasteiger partial charge in [0.25, 0.3) is 5.91 Å². The lowest BCUT2D eigenvalue weighted by atomic mass is 10.1. The maximum atomic E-state index is 13.4. The molecule has 1 N–H and O–H groups in total. The van der Waals surface area contributed by atoms with Gasteiger partial charge in [0, 0.05) is 37.7 Å². The summed E-state index contributed by atoms with van der Waals surface area (Å²) >= 11 is 0. The van der Waals surface area contributed by atoms with E-state index in [1.165, 1.54) is 5.56 Å². The fourth-order valence-electron chi connectivity index (χ4n) is 3.99. The monoisotopic (exact) mass is 442 g/mol. The molecule has 33 heavy (non-hydrogen) atoms. The van der Waals surface area contributed by atoms with E-state index in [2.05, 4.69) is 27.4 Å². The summed E-state index contributed by atoms with van der Waals surface area (Å²) < 4.78 is 2.00. The number of imidazole rings is 1. The van der Waals surface area contributed by atoms with E-state index in [4.69, 9.17) is 4.98 Å². The van der Waals surface area contributed by atoms with Crippen molar-refractivity contribution in [2.75, 3.05) is 13.6 Å². The molecule has 0 saturated heterocycles. The second-order valence-electron chi connectivity index (χ2n) is 8.42. The lowest BCUT2D eigenvalue weighted by Crippen LogP contribution is -2.30. The number of aryl methyl sites for hydroxylation is 3. The van der Waals surface area contributed by atoms with Crippen LogP contribution in [0.5, 0.6) is 0 Å². The molecule has 7 heteroatoms. The molecule has 4 rings (SSSR count). The van der Waals surface area contributed by atoms with E-state index in [-0.39, 0.29) is 5.91 Å². The standard InChI is InChI=1S/C26H30N6O/c1-18-9-8-13-32-22(16-27-17-23-28-19(2)15-20(3)29-23)24(30-25(18)32)26(33)31(4)14-12-21-10-6-5-7-11-21/h5-11,13,15,27H,12,14,16-17H2,1-4H3. The Bertz CT molecular complexity index is 1240. The number of pyridine rings is 1. The molecule has 1 amide bonds. The molecule has 0 spiro atoms. The predicted molar refractivity (Wildman–Crippen MR) is 129 cm³/mol. The summed E-state index contributed by atoms with van der Waals surface area (Å²) in [6.07, 6.45) is 2.76. The van der Waals surface area contributed by atoms with E-state index in [0.717, 1.165) is 40.5 Å². The summed E-state index contributed by atoms with van der Waals surface area (Å²) in [6.45, 7) is 7.56. The molecule has 3 heterocycles. The Kier molecular flexibility index (Phi) is 6.79. The van der Waals surface area contributed by atoms with Crippen LogP contribution < -0.4 is 5.32 Å². The van der Waals surface area contributed by atoms with E-state index < -0.39 is 0 Å². The van der Waals surface area contributed by atoms with E-state index in [1.807, 2.05) is 74.8 Å². The average molecular weight is 443 g/mol. The fourth-order valence-corrected chi connectivity index (χ4v) is 3.99. The topological polar surface area (TPSA) is 75.4 Å². The van der Waals surface area contributed by atoms with Gasteiger partial charge in [0.15, 0.2) is 5.69 Å². The molecule has 0 atom stereocenters. The molecular weight excluding hydrogens is 412 g/mol. The van der Waals surface area contributed by atoms with Gasteiger partial charge in [-0.15, -0.1) is 0 Å². The largest absolute Gasteiger partial charge is 0.340 e. The third-order valence-electron chi connectivity index (χ3n) is 5.68. The van der Waals surface area contributed by atoms with Gasteiger partial charge < -0.3 is 14.6 Å². The Morgan fingerprint density at radius 1 is 0.970 bits per heavy atom. The Morgan fingerprint density at radius 2 is 1.70 bits per heavy atom. The van der Waals surface area contributed by atoms with Crippen LogP contribution in [0.15, 0.2) is 54.7 Å². The molecule has 0 radical (unpaired) electrons. The van der Waals surface area contributed by atoms with Gasteiger partial charge in [-0.3, -0.25) is 4.79 Å².